The second-order valence-electron chi connectivity index (χ2n) is 4.29. The number of ether oxygens (including phenoxy) is 1. The molecule has 2 aromatic rings. The van der Waals surface area contributed by atoms with Crippen molar-refractivity contribution < 1.29 is 19.7 Å². The standard InChI is InChI=1S/C13H15NO5S/c1-2-19-11(16)6-9(15)12(17)7-3-4-8-10(5-7)20-13(18)14-8/h3-5,9,12,15,17H,2,6H2,1H3,(H,14,18). The molecule has 0 aliphatic rings. The topological polar surface area (TPSA) is 99.6 Å². The van der Waals surface area contributed by atoms with Gasteiger partial charge in [0.1, 0.15) is 6.10 Å². The van der Waals surface area contributed by atoms with Crippen molar-refractivity contribution in [2.24, 2.45) is 0 Å². The lowest BCUT2D eigenvalue weighted by molar-refractivity contribution is -0.147. The Morgan fingerprint density at radius 3 is 2.90 bits per heavy atom. The molecule has 1 aromatic carbocycles. The van der Waals surface area contributed by atoms with Crippen LogP contribution in [-0.2, 0) is 9.53 Å². The van der Waals surface area contributed by atoms with Gasteiger partial charge in [0, 0.05) is 0 Å². The van der Waals surface area contributed by atoms with Crippen molar-refractivity contribution in [2.45, 2.75) is 25.6 Å². The number of nitrogens with one attached hydrogen (secondary N) is 1. The summed E-state index contributed by atoms with van der Waals surface area (Å²) in [6.45, 7) is 1.90. The molecule has 0 spiro atoms. The maximum Gasteiger partial charge on any atom is 0.308 e. The number of carbonyl (C=O) groups excluding carboxylic acids is 1. The highest BCUT2D eigenvalue weighted by Crippen LogP contribution is 2.24. The lowest BCUT2D eigenvalue weighted by atomic mass is 10.0. The van der Waals surface area contributed by atoms with Crippen molar-refractivity contribution in [3.63, 3.8) is 0 Å². The molecule has 0 saturated carbocycles. The predicted octanol–water partition coefficient (Wildman–Crippen LogP) is 0.937. The average molecular weight is 297 g/mol. The number of hydrogen-bond acceptors (Lipinski definition) is 6. The molecular weight excluding hydrogens is 282 g/mol. The van der Waals surface area contributed by atoms with Gasteiger partial charge in [0.25, 0.3) is 0 Å². The third-order valence-electron chi connectivity index (χ3n) is 2.83. The van der Waals surface area contributed by atoms with Crippen LogP contribution in [0.3, 0.4) is 0 Å². The Bertz CT molecular complexity index is 662. The van der Waals surface area contributed by atoms with E-state index >= 15 is 0 Å². The maximum atomic E-state index is 11.3. The van der Waals surface area contributed by atoms with Gasteiger partial charge in [-0.3, -0.25) is 9.59 Å². The van der Waals surface area contributed by atoms with E-state index in [2.05, 4.69) is 4.98 Å². The number of rotatable bonds is 5. The highest BCUT2D eigenvalue weighted by Gasteiger charge is 2.22. The molecule has 7 heteroatoms. The molecule has 0 aliphatic carbocycles. The van der Waals surface area contributed by atoms with E-state index in [4.69, 9.17) is 4.74 Å². The summed E-state index contributed by atoms with van der Waals surface area (Å²) in [5.74, 6) is -0.563. The van der Waals surface area contributed by atoms with E-state index in [0.717, 1.165) is 11.3 Å². The minimum Gasteiger partial charge on any atom is -0.466 e. The summed E-state index contributed by atoms with van der Waals surface area (Å²) < 4.78 is 5.41. The molecule has 108 valence electrons. The smallest absolute Gasteiger partial charge is 0.308 e. The second-order valence-corrected chi connectivity index (χ2v) is 5.31. The van der Waals surface area contributed by atoms with Crippen molar-refractivity contribution in [1.29, 1.82) is 0 Å². The summed E-state index contributed by atoms with van der Waals surface area (Å²) in [6, 6.07) is 4.88. The molecule has 0 fully saturated rings. The summed E-state index contributed by atoms with van der Waals surface area (Å²) in [6.07, 6.45) is -2.74. The molecular formula is C13H15NO5S. The average Bonchev–Trinajstić information content (AvgIpc) is 2.76. The molecule has 6 nitrogen and oxygen atoms in total. The lowest BCUT2D eigenvalue weighted by Crippen LogP contribution is -2.23. The van der Waals surface area contributed by atoms with Crippen LogP contribution >= 0.6 is 11.3 Å². The maximum absolute atomic E-state index is 11.3. The fourth-order valence-electron chi connectivity index (χ4n) is 1.87. The molecule has 0 aliphatic heterocycles. The summed E-state index contributed by atoms with van der Waals surface area (Å²) in [5, 5.41) is 19.9. The van der Waals surface area contributed by atoms with Crippen LogP contribution in [0.4, 0.5) is 0 Å². The molecule has 0 bridgehead atoms. The van der Waals surface area contributed by atoms with Gasteiger partial charge in [-0.2, -0.15) is 0 Å². The number of hydrogen-bond donors (Lipinski definition) is 3. The quantitative estimate of drug-likeness (QED) is 0.713. The van der Waals surface area contributed by atoms with Gasteiger partial charge in [-0.05, 0) is 24.6 Å². The third-order valence-corrected chi connectivity index (χ3v) is 3.68. The van der Waals surface area contributed by atoms with Crippen molar-refractivity contribution in [3.8, 4) is 0 Å². The first-order chi connectivity index (χ1) is 9.51. The van der Waals surface area contributed by atoms with E-state index in [0.29, 0.717) is 15.8 Å². The minimum absolute atomic E-state index is 0.182. The van der Waals surface area contributed by atoms with Crippen molar-refractivity contribution in [3.05, 3.63) is 33.4 Å². The fraction of sp³-hybridized carbons (Fsp3) is 0.385. The van der Waals surface area contributed by atoms with Crippen LogP contribution < -0.4 is 4.87 Å². The minimum atomic E-state index is -1.25. The second kappa shape index (κ2) is 6.17. The van der Waals surface area contributed by atoms with Crippen LogP contribution in [0, 0.1) is 0 Å². The monoisotopic (exact) mass is 297 g/mol. The number of esters is 1. The zero-order valence-corrected chi connectivity index (χ0v) is 11.6. The Balaban J connectivity index is 2.15. The van der Waals surface area contributed by atoms with Gasteiger partial charge in [-0.15, -0.1) is 0 Å². The first-order valence-corrected chi connectivity index (χ1v) is 6.97. The first kappa shape index (κ1) is 14.7. The van der Waals surface area contributed by atoms with Gasteiger partial charge in [0.05, 0.1) is 29.3 Å². The molecule has 1 aromatic heterocycles. The van der Waals surface area contributed by atoms with E-state index in [9.17, 15) is 19.8 Å². The Morgan fingerprint density at radius 1 is 1.45 bits per heavy atom. The number of aliphatic hydroxyl groups is 2. The Labute approximate surface area is 118 Å². The van der Waals surface area contributed by atoms with Crippen LogP contribution in [-0.4, -0.2) is 33.9 Å². The number of fused-ring (bicyclic) bond motifs is 1. The van der Waals surface area contributed by atoms with E-state index in [1.54, 1.807) is 25.1 Å². The van der Waals surface area contributed by atoms with E-state index in [1.807, 2.05) is 0 Å². The Morgan fingerprint density at radius 2 is 2.20 bits per heavy atom. The van der Waals surface area contributed by atoms with Crippen molar-refractivity contribution >= 4 is 27.5 Å². The zero-order valence-electron chi connectivity index (χ0n) is 10.8. The van der Waals surface area contributed by atoms with Gasteiger partial charge >= 0.3 is 10.8 Å². The van der Waals surface area contributed by atoms with Crippen molar-refractivity contribution in [1.82, 2.24) is 4.98 Å². The molecule has 0 amide bonds. The van der Waals surface area contributed by atoms with Crippen LogP contribution in [0.2, 0.25) is 0 Å². The molecule has 2 rings (SSSR count). The SMILES string of the molecule is CCOC(=O)CC(O)C(O)c1ccc2[nH]c(=O)sc2c1. The van der Waals surface area contributed by atoms with E-state index in [1.165, 1.54) is 0 Å². The third kappa shape index (κ3) is 3.24. The normalized spacial score (nSPS) is 14.2. The molecule has 2 unspecified atom stereocenters. The first-order valence-electron chi connectivity index (χ1n) is 6.15. The van der Waals surface area contributed by atoms with Crippen LogP contribution in [0.5, 0.6) is 0 Å². The van der Waals surface area contributed by atoms with Gasteiger partial charge in [-0.25, -0.2) is 0 Å². The predicted molar refractivity (Wildman–Crippen MR) is 74.7 cm³/mol. The number of aromatic nitrogens is 1. The van der Waals surface area contributed by atoms with Crippen LogP contribution in [0.15, 0.2) is 23.0 Å². The fourth-order valence-corrected chi connectivity index (χ4v) is 2.66. The van der Waals surface area contributed by atoms with Crippen LogP contribution in [0.25, 0.3) is 10.2 Å². The molecule has 2 atom stereocenters. The highest BCUT2D eigenvalue weighted by atomic mass is 32.1. The van der Waals surface area contributed by atoms with Gasteiger partial charge in [0.15, 0.2) is 0 Å². The van der Waals surface area contributed by atoms with E-state index < -0.39 is 18.2 Å². The van der Waals surface area contributed by atoms with Gasteiger partial charge in [-0.1, -0.05) is 17.4 Å². The number of carbonyl (C=O) groups is 1. The van der Waals surface area contributed by atoms with Gasteiger partial charge < -0.3 is 19.9 Å². The highest BCUT2D eigenvalue weighted by molar-refractivity contribution is 7.16. The van der Waals surface area contributed by atoms with Gasteiger partial charge in [0.2, 0.25) is 0 Å². The summed E-state index contributed by atoms with van der Waals surface area (Å²) in [4.78, 5) is 24.9. The molecule has 0 radical (unpaired) electrons. The number of H-pyrrole nitrogens is 1. The molecule has 0 saturated heterocycles. The summed E-state index contributed by atoms with van der Waals surface area (Å²) in [5.41, 5.74) is 1.13. The Hall–Kier alpha value is -1.70. The zero-order chi connectivity index (χ0) is 14.7. The number of aliphatic hydroxyl groups excluding tert-OH is 2. The summed E-state index contributed by atoms with van der Waals surface area (Å²) in [7, 11) is 0. The molecule has 1 heterocycles. The molecule has 3 N–H and O–H groups in total. The largest absolute Gasteiger partial charge is 0.466 e. The number of benzene rings is 1. The Kier molecular flexibility index (Phi) is 4.53. The van der Waals surface area contributed by atoms with E-state index in [-0.39, 0.29) is 17.9 Å². The van der Waals surface area contributed by atoms with Crippen molar-refractivity contribution in [2.75, 3.05) is 6.61 Å². The number of thiazole rings is 1. The lowest BCUT2D eigenvalue weighted by Gasteiger charge is -2.17. The summed E-state index contributed by atoms with van der Waals surface area (Å²) >= 11 is 1.02. The molecule has 20 heavy (non-hydrogen) atoms. The number of aromatic amines is 1. The van der Waals surface area contributed by atoms with Crippen LogP contribution in [0.1, 0.15) is 25.0 Å².